The normalized spacial score (nSPS) is 12.9. The van der Waals surface area contributed by atoms with Crippen molar-refractivity contribution in [2.45, 2.75) is 33.1 Å². The van der Waals surface area contributed by atoms with Crippen molar-refractivity contribution in [3.05, 3.63) is 54.8 Å². The van der Waals surface area contributed by atoms with Crippen LogP contribution in [0.4, 0.5) is 0 Å². The van der Waals surface area contributed by atoms with E-state index < -0.39 is 0 Å². The van der Waals surface area contributed by atoms with E-state index >= 15 is 0 Å². The van der Waals surface area contributed by atoms with E-state index in [1.165, 1.54) is 5.57 Å². The van der Waals surface area contributed by atoms with Crippen LogP contribution < -0.4 is 0 Å². The molecule has 0 heterocycles. The molecule has 0 amide bonds. The zero-order valence-corrected chi connectivity index (χ0v) is 10.00. The first-order chi connectivity index (χ1) is 7.20. The number of allylic oxidation sites excluding steroid dienone is 6. The third-order valence-corrected chi connectivity index (χ3v) is 2.21. The van der Waals surface area contributed by atoms with Crippen LogP contribution in [0.15, 0.2) is 54.8 Å². The Balaban J connectivity index is 3.70. The zero-order chi connectivity index (χ0) is 11.5. The molecule has 0 bridgehead atoms. The molecule has 0 saturated carbocycles. The van der Waals surface area contributed by atoms with Crippen LogP contribution in [-0.4, -0.2) is 0 Å². The van der Waals surface area contributed by atoms with Gasteiger partial charge in [-0.3, -0.25) is 0 Å². The minimum absolute atomic E-state index is 0.585. The summed E-state index contributed by atoms with van der Waals surface area (Å²) in [7, 11) is 0. The fourth-order valence-corrected chi connectivity index (χ4v) is 1.16. The van der Waals surface area contributed by atoms with Gasteiger partial charge in [-0.1, -0.05) is 43.9 Å². The van der Waals surface area contributed by atoms with Crippen molar-refractivity contribution in [1.82, 2.24) is 0 Å². The highest BCUT2D eigenvalue weighted by atomic mass is 13.9. The van der Waals surface area contributed by atoms with Gasteiger partial charge >= 0.3 is 0 Å². The van der Waals surface area contributed by atoms with Crippen molar-refractivity contribution >= 4 is 0 Å². The van der Waals surface area contributed by atoms with E-state index in [1.807, 2.05) is 6.08 Å². The Bertz CT molecular complexity index is 272. The van der Waals surface area contributed by atoms with E-state index in [4.69, 9.17) is 0 Å². The smallest absolute Gasteiger partial charge is 0.0212 e. The number of hydrogen-bond donors (Lipinski definition) is 0. The van der Waals surface area contributed by atoms with Crippen LogP contribution in [0, 0.1) is 5.92 Å². The van der Waals surface area contributed by atoms with E-state index in [0.29, 0.717) is 5.92 Å². The Morgan fingerprint density at radius 2 is 2.13 bits per heavy atom. The van der Waals surface area contributed by atoms with Gasteiger partial charge in [-0.25, -0.2) is 0 Å². The average Bonchev–Trinajstić information content (AvgIpc) is 2.23. The monoisotopic (exact) mass is 202 g/mol. The van der Waals surface area contributed by atoms with E-state index in [9.17, 15) is 0 Å². The molecule has 0 fully saturated rings. The van der Waals surface area contributed by atoms with Crippen molar-refractivity contribution < 1.29 is 0 Å². The Kier molecular flexibility index (Phi) is 8.52. The van der Waals surface area contributed by atoms with Crippen LogP contribution in [0.2, 0.25) is 0 Å². The molecule has 0 aliphatic rings. The van der Waals surface area contributed by atoms with Gasteiger partial charge < -0.3 is 0 Å². The van der Waals surface area contributed by atoms with Gasteiger partial charge in [-0.15, -0.1) is 12.3 Å². The highest BCUT2D eigenvalue weighted by Gasteiger charge is 1.89. The summed E-state index contributed by atoms with van der Waals surface area (Å²) in [6, 6.07) is 0. The summed E-state index contributed by atoms with van der Waals surface area (Å²) >= 11 is 0. The largest absolute Gasteiger partial charge is 0.130 e. The Hall–Kier alpha value is -1.26. The molecule has 0 aromatic carbocycles. The molecule has 0 heteroatoms. The van der Waals surface area contributed by atoms with Gasteiger partial charge in [0.25, 0.3) is 0 Å². The van der Waals surface area contributed by atoms with Gasteiger partial charge in [-0.05, 0) is 37.7 Å². The lowest BCUT2D eigenvalue weighted by Gasteiger charge is -1.98. The summed E-state index contributed by atoms with van der Waals surface area (Å²) in [6.45, 7) is 11.6. The molecule has 0 radical (unpaired) electrons. The molecule has 0 aromatic rings. The van der Waals surface area contributed by atoms with Crippen LogP contribution >= 0.6 is 0 Å². The summed E-state index contributed by atoms with van der Waals surface area (Å²) in [5.41, 5.74) is 4.12. The third-order valence-electron chi connectivity index (χ3n) is 2.21. The third kappa shape index (κ3) is 9.05. The first kappa shape index (κ1) is 13.7. The molecule has 0 N–H and O–H groups in total. The van der Waals surface area contributed by atoms with Gasteiger partial charge in [-0.2, -0.15) is 0 Å². The lowest BCUT2D eigenvalue weighted by atomic mass is 10.1. The quantitative estimate of drug-likeness (QED) is 0.315. The van der Waals surface area contributed by atoms with E-state index in [-0.39, 0.29) is 0 Å². The second kappa shape index (κ2) is 9.30. The van der Waals surface area contributed by atoms with Crippen molar-refractivity contribution in [1.29, 1.82) is 0 Å². The molecular weight excluding hydrogens is 180 g/mol. The minimum Gasteiger partial charge on any atom is -0.130 e. The first-order valence-corrected chi connectivity index (χ1v) is 5.50. The summed E-state index contributed by atoms with van der Waals surface area (Å²) in [5, 5.41) is 0. The summed E-state index contributed by atoms with van der Waals surface area (Å²) in [5.74, 6) is 0.585. The standard InChI is InChI=1S/C15H22/c1-5-11-15(4)13-10-8-7-9-12-14(3)6-2/h5,7-8,10,13,15H,1-2,9,11-12H2,3-4H3/b8-7+,13-10-/t15-/m0/s1. The topological polar surface area (TPSA) is 0 Å². The molecule has 0 aliphatic heterocycles. The van der Waals surface area contributed by atoms with Crippen LogP contribution in [-0.2, 0) is 0 Å². The van der Waals surface area contributed by atoms with E-state index in [1.54, 1.807) is 0 Å². The average molecular weight is 202 g/mol. The van der Waals surface area contributed by atoms with E-state index in [2.05, 4.69) is 57.0 Å². The maximum Gasteiger partial charge on any atom is -0.0212 e. The van der Waals surface area contributed by atoms with Crippen molar-refractivity contribution in [3.63, 3.8) is 0 Å². The molecule has 82 valence electrons. The second-order valence-corrected chi connectivity index (χ2v) is 3.81. The number of hydrogen-bond acceptors (Lipinski definition) is 0. The predicted molar refractivity (Wildman–Crippen MR) is 69.8 cm³/mol. The van der Waals surface area contributed by atoms with Gasteiger partial charge in [0.1, 0.15) is 0 Å². The Labute approximate surface area is 94.4 Å². The Morgan fingerprint density at radius 3 is 2.73 bits per heavy atom. The fourth-order valence-electron chi connectivity index (χ4n) is 1.16. The zero-order valence-electron chi connectivity index (χ0n) is 10.00. The lowest BCUT2D eigenvalue weighted by Crippen LogP contribution is -1.83. The molecule has 0 nitrogen and oxygen atoms in total. The van der Waals surface area contributed by atoms with Crippen molar-refractivity contribution in [2.75, 3.05) is 0 Å². The molecule has 0 unspecified atom stereocenters. The maximum atomic E-state index is 3.72. The molecule has 0 rings (SSSR count). The second-order valence-electron chi connectivity index (χ2n) is 3.81. The molecule has 0 aliphatic carbocycles. The minimum atomic E-state index is 0.585. The van der Waals surface area contributed by atoms with E-state index in [0.717, 1.165) is 19.3 Å². The van der Waals surface area contributed by atoms with Crippen LogP contribution in [0.25, 0.3) is 0 Å². The van der Waals surface area contributed by atoms with Crippen LogP contribution in [0.1, 0.15) is 33.1 Å². The lowest BCUT2D eigenvalue weighted by molar-refractivity contribution is 0.745. The van der Waals surface area contributed by atoms with Crippen LogP contribution in [0.3, 0.4) is 0 Å². The predicted octanol–water partition coefficient (Wildman–Crippen LogP) is 4.82. The van der Waals surface area contributed by atoms with Crippen LogP contribution in [0.5, 0.6) is 0 Å². The molecule has 0 saturated heterocycles. The molecule has 1 atom stereocenters. The van der Waals surface area contributed by atoms with Gasteiger partial charge in [0.15, 0.2) is 0 Å². The maximum absolute atomic E-state index is 3.72. The summed E-state index contributed by atoms with van der Waals surface area (Å²) in [4.78, 5) is 0. The molecule has 15 heavy (non-hydrogen) atoms. The van der Waals surface area contributed by atoms with Crippen molar-refractivity contribution in [2.24, 2.45) is 5.92 Å². The summed E-state index contributed by atoms with van der Waals surface area (Å²) < 4.78 is 0. The van der Waals surface area contributed by atoms with Crippen molar-refractivity contribution in [3.8, 4) is 0 Å². The molecular formula is C15H22. The molecule has 0 aromatic heterocycles. The van der Waals surface area contributed by atoms with Gasteiger partial charge in [0.2, 0.25) is 0 Å². The summed E-state index contributed by atoms with van der Waals surface area (Å²) in [6.07, 6.45) is 13.7. The Morgan fingerprint density at radius 1 is 1.40 bits per heavy atom. The SMILES string of the molecule is C=C=C(C)CC/C=C/C=C\[C@@H](C)CC=C. The number of rotatable bonds is 7. The highest BCUT2D eigenvalue weighted by Crippen LogP contribution is 2.05. The highest BCUT2D eigenvalue weighted by molar-refractivity contribution is 5.06. The van der Waals surface area contributed by atoms with Gasteiger partial charge in [0.05, 0.1) is 0 Å². The fraction of sp³-hybridized carbons (Fsp3) is 0.400. The first-order valence-electron chi connectivity index (χ1n) is 5.50. The molecule has 0 spiro atoms. The van der Waals surface area contributed by atoms with Gasteiger partial charge in [0, 0.05) is 0 Å².